The molecule has 5 heterocycles. The van der Waals surface area contributed by atoms with Crippen molar-refractivity contribution < 1.29 is 0 Å². The number of rotatable bonds is 8. The minimum Gasteiger partial charge on any atom is -0.354 e. The number of nitrogens with zero attached hydrogens (tertiary/aromatic N) is 4. The van der Waals surface area contributed by atoms with E-state index in [0.717, 1.165) is 108 Å². The summed E-state index contributed by atoms with van der Waals surface area (Å²) in [5.74, 6) is 1.18. The van der Waals surface area contributed by atoms with Gasteiger partial charge < -0.3 is 9.97 Å². The van der Waals surface area contributed by atoms with E-state index in [9.17, 15) is 10.5 Å². The van der Waals surface area contributed by atoms with E-state index >= 15 is 0 Å². The number of halogens is 2. The van der Waals surface area contributed by atoms with Crippen LogP contribution in [0.3, 0.4) is 0 Å². The number of nitriles is 2. The van der Waals surface area contributed by atoms with E-state index in [1.807, 2.05) is 0 Å². The summed E-state index contributed by atoms with van der Waals surface area (Å²) in [4.78, 5) is 18.5. The highest BCUT2D eigenvalue weighted by Crippen LogP contribution is 2.39. The van der Waals surface area contributed by atoms with Crippen LogP contribution in [0.1, 0.15) is 33.9 Å². The molecule has 3 aromatic heterocycles. The van der Waals surface area contributed by atoms with Gasteiger partial charge in [0.15, 0.2) is 0 Å². The summed E-state index contributed by atoms with van der Waals surface area (Å²) in [5.41, 5.74) is 17.2. The normalized spacial score (nSPS) is 11.7. The number of thioether (sulfide) groups is 2. The van der Waals surface area contributed by atoms with Crippen LogP contribution < -0.4 is 0 Å². The molecule has 6 nitrogen and oxygen atoms in total. The summed E-state index contributed by atoms with van der Waals surface area (Å²) in [7, 11) is 0. The molecule has 8 bridgehead atoms. The van der Waals surface area contributed by atoms with Gasteiger partial charge in [-0.05, 0) is 175 Å². The molecule has 0 saturated heterocycles. The maximum Gasteiger partial charge on any atom is 0.133 e. The van der Waals surface area contributed by atoms with Crippen LogP contribution in [-0.2, 0) is 11.5 Å². The number of aromatic amines is 2. The van der Waals surface area contributed by atoms with E-state index in [2.05, 4.69) is 212 Å². The van der Waals surface area contributed by atoms with E-state index in [4.69, 9.17) is 9.97 Å². The van der Waals surface area contributed by atoms with E-state index in [1.54, 1.807) is 0 Å². The predicted octanol–water partition coefficient (Wildman–Crippen LogP) is 14.0. The molecular formula is C48H30I2N6S2. The molecule has 10 heteroatoms. The average molecular weight is 1010 g/mol. The second kappa shape index (κ2) is 16.8. The van der Waals surface area contributed by atoms with Crippen molar-refractivity contribution >= 4 is 115 Å². The quantitative estimate of drug-likeness (QED) is 0.116. The lowest BCUT2D eigenvalue weighted by molar-refractivity contribution is 1.31. The van der Waals surface area contributed by atoms with Crippen LogP contribution in [0.2, 0.25) is 0 Å². The van der Waals surface area contributed by atoms with Gasteiger partial charge in [0.25, 0.3) is 0 Å². The first-order valence-electron chi connectivity index (χ1n) is 18.3. The van der Waals surface area contributed by atoms with Crippen molar-refractivity contribution in [2.45, 2.75) is 11.5 Å². The molecule has 0 spiro atoms. The van der Waals surface area contributed by atoms with Gasteiger partial charge in [-0.3, -0.25) is 0 Å². The van der Waals surface area contributed by atoms with Crippen LogP contribution in [0, 0.1) is 28.5 Å². The number of nitrogens with one attached hydrogen (secondary N) is 2. The molecule has 0 saturated carbocycles. The number of benzene rings is 4. The molecule has 4 aromatic carbocycles. The maximum absolute atomic E-state index is 9.35. The molecule has 0 radical (unpaired) electrons. The highest BCUT2D eigenvalue weighted by Gasteiger charge is 2.19. The fourth-order valence-corrected chi connectivity index (χ4v) is 9.48. The summed E-state index contributed by atoms with van der Waals surface area (Å²) in [6.07, 6.45) is 8.43. The van der Waals surface area contributed by atoms with Crippen molar-refractivity contribution in [1.29, 1.82) is 10.5 Å². The van der Waals surface area contributed by atoms with Crippen LogP contribution in [0.5, 0.6) is 0 Å². The summed E-state index contributed by atoms with van der Waals surface area (Å²) in [5, 5.41) is 23.1. The maximum atomic E-state index is 9.35. The second-order valence-electron chi connectivity index (χ2n) is 13.7. The van der Waals surface area contributed by atoms with Crippen molar-refractivity contribution in [2.24, 2.45) is 0 Å². The van der Waals surface area contributed by atoms with Crippen molar-refractivity contribution in [3.8, 4) is 55.3 Å². The number of hydrogen-bond donors (Lipinski definition) is 2. The Balaban J connectivity index is 1.44. The van der Waals surface area contributed by atoms with Gasteiger partial charge in [-0.2, -0.15) is 10.5 Å². The third-order valence-corrected chi connectivity index (χ3v) is 12.6. The molecule has 0 aliphatic carbocycles. The van der Waals surface area contributed by atoms with Crippen LogP contribution in [0.4, 0.5) is 0 Å². The van der Waals surface area contributed by atoms with Gasteiger partial charge in [-0.25, -0.2) is 9.97 Å². The highest BCUT2D eigenvalue weighted by molar-refractivity contribution is 14.1. The average Bonchev–Trinajstić information content (AvgIpc) is 4.08. The Morgan fingerprint density at radius 3 is 1.10 bits per heavy atom. The molecule has 0 atom stereocenters. The number of hydrogen-bond acceptors (Lipinski definition) is 6. The zero-order valence-corrected chi connectivity index (χ0v) is 36.6. The summed E-state index contributed by atoms with van der Waals surface area (Å²) in [6, 6.07) is 42.3. The number of aromatic nitrogens is 4. The molecule has 278 valence electrons. The van der Waals surface area contributed by atoms with Crippen molar-refractivity contribution in [3.05, 3.63) is 162 Å². The minimum atomic E-state index is 0.588. The van der Waals surface area contributed by atoms with E-state index in [1.165, 1.54) is 23.5 Å². The molecule has 9 rings (SSSR count). The van der Waals surface area contributed by atoms with Crippen molar-refractivity contribution in [2.75, 3.05) is 0 Å². The summed E-state index contributed by atoms with van der Waals surface area (Å²) < 4.78 is 2.25. The zero-order chi connectivity index (χ0) is 39.6. The Kier molecular flexibility index (Phi) is 11.1. The Bertz CT molecular complexity index is 2880. The Hall–Kier alpha value is -5.38. The van der Waals surface area contributed by atoms with E-state index in [0.29, 0.717) is 11.5 Å². The fourth-order valence-electron chi connectivity index (χ4n) is 7.57. The van der Waals surface area contributed by atoms with Gasteiger partial charge in [-0.1, -0.05) is 72.8 Å². The van der Waals surface area contributed by atoms with E-state index < -0.39 is 0 Å². The minimum absolute atomic E-state index is 0.588. The predicted molar refractivity (Wildman–Crippen MR) is 260 cm³/mol. The van der Waals surface area contributed by atoms with Crippen molar-refractivity contribution in [3.63, 3.8) is 0 Å². The lowest BCUT2D eigenvalue weighted by Gasteiger charge is -2.08. The van der Waals surface area contributed by atoms with Crippen LogP contribution >= 0.6 is 68.7 Å². The lowest BCUT2D eigenvalue weighted by atomic mass is 10.0. The number of fused-ring (bicyclic) bond motifs is 8. The molecule has 2 aliphatic heterocycles. The number of H-pyrrole nitrogens is 2. The van der Waals surface area contributed by atoms with Gasteiger partial charge in [0, 0.05) is 63.0 Å². The summed E-state index contributed by atoms with van der Waals surface area (Å²) in [6.45, 7) is 0. The third kappa shape index (κ3) is 7.77. The molecule has 0 unspecified atom stereocenters. The largest absolute Gasteiger partial charge is 0.354 e. The first-order chi connectivity index (χ1) is 28.4. The van der Waals surface area contributed by atoms with Crippen LogP contribution in [0.25, 0.3) is 90.9 Å². The third-order valence-electron chi connectivity index (χ3n) is 10.0. The van der Waals surface area contributed by atoms with Crippen LogP contribution in [-0.4, -0.2) is 19.9 Å². The Morgan fingerprint density at radius 2 is 0.776 bits per heavy atom. The fraction of sp³-hybridized carbons (Fsp3) is 0.0417. The second-order valence-corrected chi connectivity index (χ2v) is 17.7. The van der Waals surface area contributed by atoms with Gasteiger partial charge in [0.1, 0.15) is 10.8 Å². The topological polar surface area (TPSA) is 105 Å². The standard InChI is InChI=1S/C48H30I2N6S2/c49-35-11-3-9-33(23-35)47-41-17-13-37(53-41)45(31-7-1-5-29(21-31)25-57-27-51)38-14-18-42(54-38)48(34-10-4-12-36(50)24-34)44-20-16-40(56-44)46(39-15-19-43(47)55-39)32-8-2-6-30(22-32)26-58-28-52/h1-24,53,56H,25-26H2. The molecule has 58 heavy (non-hydrogen) atoms. The first-order valence-corrected chi connectivity index (χ1v) is 22.5. The molecule has 2 aliphatic rings. The first kappa shape index (κ1) is 38.2. The molecule has 0 fully saturated rings. The monoisotopic (exact) mass is 1010 g/mol. The van der Waals surface area contributed by atoms with Gasteiger partial charge in [0.05, 0.1) is 22.8 Å². The summed E-state index contributed by atoms with van der Waals surface area (Å²) >= 11 is 7.20. The highest BCUT2D eigenvalue weighted by atomic mass is 127. The van der Waals surface area contributed by atoms with Crippen LogP contribution in [0.15, 0.2) is 121 Å². The van der Waals surface area contributed by atoms with E-state index in [-0.39, 0.29) is 0 Å². The molecule has 0 amide bonds. The smallest absolute Gasteiger partial charge is 0.133 e. The van der Waals surface area contributed by atoms with Gasteiger partial charge in [-0.15, -0.1) is 0 Å². The molecule has 2 N–H and O–H groups in total. The Morgan fingerprint density at radius 1 is 0.448 bits per heavy atom. The zero-order valence-electron chi connectivity index (χ0n) is 30.6. The lowest BCUT2D eigenvalue weighted by Crippen LogP contribution is -1.91. The molecule has 7 aromatic rings. The van der Waals surface area contributed by atoms with Gasteiger partial charge in [0.2, 0.25) is 0 Å². The molecular weight excluding hydrogens is 979 g/mol. The number of thiocyanates is 2. The van der Waals surface area contributed by atoms with Crippen molar-refractivity contribution in [1.82, 2.24) is 19.9 Å². The Labute approximate surface area is 371 Å². The SMILES string of the molecule is N#CSCc1cccc(-c2c3nc(c(-c4cccc(I)c4)c4ccc([nH]4)c(-c4cccc(CSC#N)c4)c4nc(c(-c5cccc(I)c5)c5ccc2[nH]5)C=C4)C=C3)c1. The van der Waals surface area contributed by atoms with Gasteiger partial charge >= 0.3 is 0 Å².